The molecule has 0 radical (unpaired) electrons. The van der Waals surface area contributed by atoms with Gasteiger partial charge in [-0.15, -0.1) is 0 Å². The van der Waals surface area contributed by atoms with Gasteiger partial charge in [0.2, 0.25) is 0 Å². The van der Waals surface area contributed by atoms with E-state index in [1.807, 2.05) is 30.5 Å². The van der Waals surface area contributed by atoms with Crippen LogP contribution in [0.2, 0.25) is 15.1 Å². The van der Waals surface area contributed by atoms with Crippen molar-refractivity contribution >= 4 is 51.7 Å². The molecule has 1 unspecified atom stereocenters. The summed E-state index contributed by atoms with van der Waals surface area (Å²) in [6.07, 6.45) is 1.81. The molecule has 0 bridgehead atoms. The van der Waals surface area contributed by atoms with Crippen molar-refractivity contribution in [3.8, 4) is 5.75 Å². The zero-order valence-corrected chi connectivity index (χ0v) is 14.3. The number of rotatable bonds is 3. The zero-order valence-electron chi connectivity index (χ0n) is 12.1. The first-order valence-corrected chi connectivity index (χ1v) is 8.03. The van der Waals surface area contributed by atoms with Crippen molar-refractivity contribution < 1.29 is 9.53 Å². The van der Waals surface area contributed by atoms with Crippen molar-refractivity contribution in [3.05, 3.63) is 63.2 Å². The highest BCUT2D eigenvalue weighted by atomic mass is 35.5. The largest absolute Gasteiger partial charge is 0.424 e. The van der Waals surface area contributed by atoms with Crippen molar-refractivity contribution in [2.75, 3.05) is 0 Å². The van der Waals surface area contributed by atoms with Gasteiger partial charge in [0.25, 0.3) is 0 Å². The Labute approximate surface area is 148 Å². The average Bonchev–Trinajstić information content (AvgIpc) is 2.95. The molecule has 0 saturated heterocycles. The van der Waals surface area contributed by atoms with Gasteiger partial charge in [-0.1, -0.05) is 53.0 Å². The normalized spacial score (nSPS) is 12.3. The molecule has 0 aliphatic rings. The number of halogens is 3. The summed E-state index contributed by atoms with van der Waals surface area (Å²) in [5.41, 5.74) is 1.83. The number of esters is 1. The molecule has 1 N–H and O–H groups in total. The van der Waals surface area contributed by atoms with E-state index in [1.165, 1.54) is 12.1 Å². The number of aromatic amines is 1. The highest BCUT2D eigenvalue weighted by Crippen LogP contribution is 2.35. The molecular weight excluding hydrogens is 357 g/mol. The Morgan fingerprint density at radius 3 is 2.57 bits per heavy atom. The fourth-order valence-corrected chi connectivity index (χ4v) is 2.93. The van der Waals surface area contributed by atoms with Crippen LogP contribution in [-0.4, -0.2) is 11.0 Å². The number of carbonyl (C=O) groups excluding carboxylic acids is 1. The molecule has 3 nitrogen and oxygen atoms in total. The van der Waals surface area contributed by atoms with Gasteiger partial charge in [0.1, 0.15) is 0 Å². The van der Waals surface area contributed by atoms with Crippen molar-refractivity contribution in [3.63, 3.8) is 0 Å². The van der Waals surface area contributed by atoms with Crippen LogP contribution in [-0.2, 0) is 4.79 Å². The maximum Gasteiger partial charge on any atom is 0.318 e. The number of nitrogens with one attached hydrogen (secondary N) is 1. The van der Waals surface area contributed by atoms with E-state index in [2.05, 4.69) is 4.98 Å². The third kappa shape index (κ3) is 3.18. The van der Waals surface area contributed by atoms with Gasteiger partial charge in [-0.05, 0) is 24.6 Å². The van der Waals surface area contributed by atoms with Crippen molar-refractivity contribution in [1.29, 1.82) is 0 Å². The Bertz CT molecular complexity index is 889. The Kier molecular flexibility index (Phi) is 4.53. The minimum atomic E-state index is -0.461. The summed E-state index contributed by atoms with van der Waals surface area (Å²) in [7, 11) is 0. The molecule has 3 rings (SSSR count). The first-order valence-electron chi connectivity index (χ1n) is 6.89. The van der Waals surface area contributed by atoms with Crippen LogP contribution in [0.4, 0.5) is 0 Å². The van der Waals surface area contributed by atoms with Gasteiger partial charge in [-0.2, -0.15) is 0 Å². The van der Waals surface area contributed by atoms with Gasteiger partial charge in [-0.25, -0.2) is 0 Å². The van der Waals surface area contributed by atoms with Crippen LogP contribution in [0.15, 0.2) is 42.6 Å². The Balaban J connectivity index is 1.87. The molecule has 6 heteroatoms. The number of H-pyrrole nitrogens is 1. The van der Waals surface area contributed by atoms with Gasteiger partial charge in [0.15, 0.2) is 5.75 Å². The lowest BCUT2D eigenvalue weighted by Crippen LogP contribution is -2.16. The maximum absolute atomic E-state index is 12.4. The van der Waals surface area contributed by atoms with E-state index in [0.717, 1.165) is 16.5 Å². The third-order valence-electron chi connectivity index (χ3n) is 3.63. The zero-order chi connectivity index (χ0) is 16.6. The number of carbonyl (C=O) groups is 1. The predicted molar refractivity (Wildman–Crippen MR) is 93.8 cm³/mol. The monoisotopic (exact) mass is 367 g/mol. The predicted octanol–water partition coefficient (Wildman–Crippen LogP) is 5.84. The molecular formula is C17H12Cl3NO2. The van der Waals surface area contributed by atoms with Gasteiger partial charge >= 0.3 is 5.97 Å². The number of ether oxygens (including phenoxy) is 1. The molecule has 1 heterocycles. The van der Waals surface area contributed by atoms with Crippen LogP contribution in [0.5, 0.6) is 5.75 Å². The van der Waals surface area contributed by atoms with E-state index in [1.54, 1.807) is 6.92 Å². The molecule has 0 saturated carbocycles. The molecule has 2 aromatic carbocycles. The van der Waals surface area contributed by atoms with E-state index >= 15 is 0 Å². The van der Waals surface area contributed by atoms with E-state index in [0.29, 0.717) is 5.02 Å². The summed E-state index contributed by atoms with van der Waals surface area (Å²) in [5.74, 6) is -0.690. The summed E-state index contributed by atoms with van der Waals surface area (Å²) < 4.78 is 5.39. The van der Waals surface area contributed by atoms with Gasteiger partial charge in [0, 0.05) is 23.2 Å². The van der Waals surface area contributed by atoms with Gasteiger partial charge in [0.05, 0.1) is 21.0 Å². The number of benzene rings is 2. The fraction of sp³-hybridized carbons (Fsp3) is 0.118. The number of para-hydroxylation sites is 1. The van der Waals surface area contributed by atoms with Crippen molar-refractivity contribution in [1.82, 2.24) is 4.98 Å². The summed E-state index contributed by atoms with van der Waals surface area (Å²) in [4.78, 5) is 15.6. The fourth-order valence-electron chi connectivity index (χ4n) is 2.36. The first-order chi connectivity index (χ1) is 11.0. The summed E-state index contributed by atoms with van der Waals surface area (Å²) >= 11 is 17.9. The number of fused-ring (bicyclic) bond motifs is 1. The van der Waals surface area contributed by atoms with Crippen molar-refractivity contribution in [2.45, 2.75) is 12.8 Å². The summed E-state index contributed by atoms with van der Waals surface area (Å²) in [6, 6.07) is 10.6. The van der Waals surface area contributed by atoms with Crippen LogP contribution >= 0.6 is 34.8 Å². The molecule has 0 fully saturated rings. The van der Waals surface area contributed by atoms with Crippen LogP contribution in [0.1, 0.15) is 18.4 Å². The van der Waals surface area contributed by atoms with Crippen LogP contribution < -0.4 is 4.74 Å². The van der Waals surface area contributed by atoms with Crippen molar-refractivity contribution in [2.24, 2.45) is 0 Å². The quantitative estimate of drug-likeness (QED) is 0.358. The summed E-state index contributed by atoms with van der Waals surface area (Å²) in [5, 5.41) is 1.80. The van der Waals surface area contributed by atoms with Crippen LogP contribution in [0.3, 0.4) is 0 Å². The maximum atomic E-state index is 12.4. The molecule has 0 aliphatic heterocycles. The smallest absolute Gasteiger partial charge is 0.318 e. The highest BCUT2D eigenvalue weighted by Gasteiger charge is 2.22. The lowest BCUT2D eigenvalue weighted by molar-refractivity contribution is -0.135. The number of aromatic nitrogens is 1. The molecule has 23 heavy (non-hydrogen) atoms. The first kappa shape index (κ1) is 16.2. The van der Waals surface area contributed by atoms with E-state index in [4.69, 9.17) is 39.5 Å². The molecule has 118 valence electrons. The third-order valence-corrected chi connectivity index (χ3v) is 4.64. The second-order valence-electron chi connectivity index (χ2n) is 5.13. The highest BCUT2D eigenvalue weighted by molar-refractivity contribution is 6.43. The van der Waals surface area contributed by atoms with Gasteiger partial charge in [-0.3, -0.25) is 4.79 Å². The minimum absolute atomic E-state index is 0.192. The lowest BCUT2D eigenvalue weighted by Gasteiger charge is -2.12. The number of hydrogen-bond donors (Lipinski definition) is 1. The SMILES string of the molecule is CC(C(=O)Oc1cc(Cl)c(Cl)cc1Cl)c1c[nH]c2ccccc12. The minimum Gasteiger partial charge on any atom is -0.424 e. The number of hydrogen-bond acceptors (Lipinski definition) is 2. The van der Waals surface area contributed by atoms with Gasteiger partial charge < -0.3 is 9.72 Å². The molecule has 1 aromatic heterocycles. The molecule has 0 amide bonds. The van der Waals surface area contributed by atoms with Crippen LogP contribution in [0, 0.1) is 0 Å². The van der Waals surface area contributed by atoms with Crippen LogP contribution in [0.25, 0.3) is 10.9 Å². The average molecular weight is 369 g/mol. The second-order valence-corrected chi connectivity index (χ2v) is 6.35. The lowest BCUT2D eigenvalue weighted by atomic mass is 10.0. The second kappa shape index (κ2) is 6.44. The molecule has 0 spiro atoms. The Morgan fingerprint density at radius 2 is 1.78 bits per heavy atom. The topological polar surface area (TPSA) is 42.1 Å². The van der Waals surface area contributed by atoms with E-state index in [9.17, 15) is 4.79 Å². The Hall–Kier alpha value is -1.68. The standard InChI is InChI=1S/C17H12Cl3NO2/c1-9(11-8-21-15-5-3-2-4-10(11)15)17(22)23-16-7-13(19)12(18)6-14(16)20/h2-9,21H,1H3. The Morgan fingerprint density at radius 1 is 1.09 bits per heavy atom. The van der Waals surface area contributed by atoms with E-state index in [-0.39, 0.29) is 15.8 Å². The molecule has 3 aromatic rings. The molecule has 0 aliphatic carbocycles. The van der Waals surface area contributed by atoms with E-state index < -0.39 is 11.9 Å². The molecule has 1 atom stereocenters. The summed E-state index contributed by atoms with van der Waals surface area (Å²) in [6.45, 7) is 1.78.